The molecule has 3 aromatic rings. The SMILES string of the molecule is C[C@H](NC(=O)Cn1ccnc1-c1ccccc1)c1ccccn1. The van der Waals surface area contributed by atoms with Gasteiger partial charge in [-0.1, -0.05) is 36.4 Å². The molecule has 5 nitrogen and oxygen atoms in total. The van der Waals surface area contributed by atoms with Crippen LogP contribution in [0.2, 0.25) is 0 Å². The Morgan fingerprint density at radius 3 is 2.61 bits per heavy atom. The standard InChI is InChI=1S/C18H18N4O/c1-14(16-9-5-6-10-19-16)21-17(23)13-22-12-11-20-18(22)15-7-3-2-4-8-15/h2-12,14H,13H2,1H3,(H,21,23)/t14-/m0/s1. The van der Waals surface area contributed by atoms with Gasteiger partial charge in [-0.25, -0.2) is 4.98 Å². The largest absolute Gasteiger partial charge is 0.346 e. The summed E-state index contributed by atoms with van der Waals surface area (Å²) in [7, 11) is 0. The third-order valence-corrected chi connectivity index (χ3v) is 3.57. The van der Waals surface area contributed by atoms with Gasteiger partial charge >= 0.3 is 0 Å². The predicted molar refractivity (Wildman–Crippen MR) is 88.5 cm³/mol. The van der Waals surface area contributed by atoms with Gasteiger partial charge in [0.15, 0.2) is 0 Å². The number of rotatable bonds is 5. The number of nitrogens with one attached hydrogen (secondary N) is 1. The van der Waals surface area contributed by atoms with E-state index in [9.17, 15) is 4.79 Å². The topological polar surface area (TPSA) is 59.8 Å². The van der Waals surface area contributed by atoms with Gasteiger partial charge in [-0.3, -0.25) is 9.78 Å². The third kappa shape index (κ3) is 3.63. The molecule has 1 atom stereocenters. The monoisotopic (exact) mass is 306 g/mol. The maximum Gasteiger partial charge on any atom is 0.240 e. The lowest BCUT2D eigenvalue weighted by Gasteiger charge is -2.14. The van der Waals surface area contributed by atoms with Gasteiger partial charge in [0.25, 0.3) is 0 Å². The lowest BCUT2D eigenvalue weighted by atomic mass is 10.2. The van der Waals surface area contributed by atoms with Gasteiger partial charge in [-0.15, -0.1) is 0 Å². The van der Waals surface area contributed by atoms with Crippen LogP contribution in [0.5, 0.6) is 0 Å². The number of pyridine rings is 1. The predicted octanol–water partition coefficient (Wildman–Crippen LogP) is 2.82. The van der Waals surface area contributed by atoms with Crippen LogP contribution in [-0.4, -0.2) is 20.4 Å². The first kappa shape index (κ1) is 15.0. The summed E-state index contributed by atoms with van der Waals surface area (Å²) >= 11 is 0. The highest BCUT2D eigenvalue weighted by Crippen LogP contribution is 2.16. The van der Waals surface area contributed by atoms with Gasteiger partial charge in [0.05, 0.1) is 11.7 Å². The van der Waals surface area contributed by atoms with Crippen LogP contribution in [0.1, 0.15) is 18.7 Å². The average Bonchev–Trinajstić information content (AvgIpc) is 3.04. The van der Waals surface area contributed by atoms with Crippen LogP contribution in [0.3, 0.4) is 0 Å². The number of nitrogens with zero attached hydrogens (tertiary/aromatic N) is 3. The highest BCUT2D eigenvalue weighted by molar-refractivity contribution is 5.77. The fourth-order valence-corrected chi connectivity index (χ4v) is 2.43. The Morgan fingerprint density at radius 1 is 1.09 bits per heavy atom. The van der Waals surface area contributed by atoms with Crippen molar-refractivity contribution in [1.82, 2.24) is 19.9 Å². The summed E-state index contributed by atoms with van der Waals surface area (Å²) in [5.41, 5.74) is 1.83. The molecule has 0 aliphatic rings. The van der Waals surface area contributed by atoms with Gasteiger partial charge in [0, 0.05) is 24.2 Å². The summed E-state index contributed by atoms with van der Waals surface area (Å²) in [4.78, 5) is 20.9. The van der Waals surface area contributed by atoms with Crippen LogP contribution in [0.4, 0.5) is 0 Å². The van der Waals surface area contributed by atoms with Crippen molar-refractivity contribution < 1.29 is 4.79 Å². The molecule has 23 heavy (non-hydrogen) atoms. The van der Waals surface area contributed by atoms with Crippen molar-refractivity contribution in [2.75, 3.05) is 0 Å². The van der Waals surface area contributed by atoms with Crippen molar-refractivity contribution in [1.29, 1.82) is 0 Å². The molecular weight excluding hydrogens is 288 g/mol. The van der Waals surface area contributed by atoms with Crippen molar-refractivity contribution >= 4 is 5.91 Å². The number of hydrogen-bond acceptors (Lipinski definition) is 3. The lowest BCUT2D eigenvalue weighted by Crippen LogP contribution is -2.30. The molecule has 1 amide bonds. The molecule has 0 aliphatic heterocycles. The summed E-state index contributed by atoms with van der Waals surface area (Å²) in [6.07, 6.45) is 5.24. The molecule has 0 fully saturated rings. The van der Waals surface area contributed by atoms with Crippen molar-refractivity contribution in [3.8, 4) is 11.4 Å². The highest BCUT2D eigenvalue weighted by atomic mass is 16.2. The van der Waals surface area contributed by atoms with Gasteiger partial charge in [-0.2, -0.15) is 0 Å². The Balaban J connectivity index is 1.69. The molecule has 3 rings (SSSR count). The zero-order valence-electron chi connectivity index (χ0n) is 12.9. The molecule has 0 spiro atoms. The van der Waals surface area contributed by atoms with Crippen molar-refractivity contribution in [3.05, 3.63) is 72.8 Å². The third-order valence-electron chi connectivity index (χ3n) is 3.57. The molecule has 116 valence electrons. The molecule has 0 aliphatic carbocycles. The molecular formula is C18H18N4O. The Kier molecular flexibility index (Phi) is 4.47. The minimum atomic E-state index is -0.132. The second-order valence-electron chi connectivity index (χ2n) is 5.29. The number of imidazole rings is 1. The van der Waals surface area contributed by atoms with E-state index in [0.29, 0.717) is 0 Å². The van der Waals surface area contributed by atoms with E-state index in [-0.39, 0.29) is 18.5 Å². The van der Waals surface area contributed by atoms with E-state index in [0.717, 1.165) is 17.1 Å². The quantitative estimate of drug-likeness (QED) is 0.788. The molecule has 0 saturated carbocycles. The second-order valence-corrected chi connectivity index (χ2v) is 5.29. The molecule has 0 radical (unpaired) electrons. The van der Waals surface area contributed by atoms with Gasteiger partial charge in [0.2, 0.25) is 5.91 Å². The van der Waals surface area contributed by atoms with Crippen LogP contribution in [0.25, 0.3) is 11.4 Å². The summed E-state index contributed by atoms with van der Waals surface area (Å²) in [5.74, 6) is 0.713. The Labute approximate surface area is 135 Å². The van der Waals surface area contributed by atoms with Gasteiger partial charge in [0.1, 0.15) is 12.4 Å². The van der Waals surface area contributed by atoms with Gasteiger partial charge < -0.3 is 9.88 Å². The number of benzene rings is 1. The summed E-state index contributed by atoms with van der Waals surface area (Å²) < 4.78 is 1.84. The number of hydrogen-bond donors (Lipinski definition) is 1. The van der Waals surface area contributed by atoms with Crippen LogP contribution < -0.4 is 5.32 Å². The highest BCUT2D eigenvalue weighted by Gasteiger charge is 2.13. The van der Waals surface area contributed by atoms with Crippen LogP contribution in [-0.2, 0) is 11.3 Å². The first-order valence-corrected chi connectivity index (χ1v) is 7.51. The van der Waals surface area contributed by atoms with Crippen LogP contribution in [0.15, 0.2) is 67.1 Å². The summed E-state index contributed by atoms with van der Waals surface area (Å²) in [6.45, 7) is 2.15. The summed E-state index contributed by atoms with van der Waals surface area (Å²) in [6, 6.07) is 15.4. The van der Waals surface area contributed by atoms with Crippen molar-refractivity contribution in [3.63, 3.8) is 0 Å². The second kappa shape index (κ2) is 6.87. The molecule has 2 aromatic heterocycles. The van der Waals surface area contributed by atoms with E-state index in [4.69, 9.17) is 0 Å². The molecule has 1 aromatic carbocycles. The molecule has 0 saturated heterocycles. The Morgan fingerprint density at radius 2 is 1.87 bits per heavy atom. The van der Waals surface area contributed by atoms with Gasteiger partial charge in [-0.05, 0) is 19.1 Å². The average molecular weight is 306 g/mol. The zero-order chi connectivity index (χ0) is 16.1. The first-order chi connectivity index (χ1) is 11.2. The van der Waals surface area contributed by atoms with E-state index in [1.165, 1.54) is 0 Å². The van der Waals surface area contributed by atoms with E-state index >= 15 is 0 Å². The number of carbonyl (C=O) groups is 1. The fraction of sp³-hybridized carbons (Fsp3) is 0.167. The normalized spacial score (nSPS) is 11.9. The number of carbonyl (C=O) groups excluding carboxylic acids is 1. The maximum absolute atomic E-state index is 12.3. The Bertz CT molecular complexity index is 768. The molecule has 0 bridgehead atoms. The van der Waals surface area contributed by atoms with E-state index < -0.39 is 0 Å². The van der Waals surface area contributed by atoms with E-state index in [2.05, 4.69) is 15.3 Å². The van der Waals surface area contributed by atoms with Crippen molar-refractivity contribution in [2.45, 2.75) is 19.5 Å². The minimum absolute atomic E-state index is 0.0710. The van der Waals surface area contributed by atoms with Crippen molar-refractivity contribution in [2.24, 2.45) is 0 Å². The zero-order valence-corrected chi connectivity index (χ0v) is 12.9. The summed E-state index contributed by atoms with van der Waals surface area (Å²) in [5, 5.41) is 2.96. The van der Waals surface area contributed by atoms with E-state index in [1.807, 2.05) is 66.2 Å². The Hall–Kier alpha value is -2.95. The smallest absolute Gasteiger partial charge is 0.240 e. The minimum Gasteiger partial charge on any atom is -0.346 e. The molecule has 2 heterocycles. The number of aromatic nitrogens is 3. The number of amides is 1. The lowest BCUT2D eigenvalue weighted by molar-refractivity contribution is -0.122. The maximum atomic E-state index is 12.3. The molecule has 0 unspecified atom stereocenters. The fourth-order valence-electron chi connectivity index (χ4n) is 2.43. The first-order valence-electron chi connectivity index (χ1n) is 7.51. The molecule has 5 heteroatoms. The molecule has 1 N–H and O–H groups in total. The van der Waals surface area contributed by atoms with Crippen LogP contribution in [0, 0.1) is 0 Å². The van der Waals surface area contributed by atoms with E-state index in [1.54, 1.807) is 12.4 Å². The van der Waals surface area contributed by atoms with Crippen LogP contribution >= 0.6 is 0 Å².